The summed E-state index contributed by atoms with van der Waals surface area (Å²) in [5.74, 6) is -0.933. The molecular weight excluding hydrogens is 218 g/mol. The molecule has 0 heterocycles. The van der Waals surface area contributed by atoms with Crippen LogP contribution in [0.2, 0.25) is 0 Å². The predicted octanol–water partition coefficient (Wildman–Crippen LogP) is -0.368. The Morgan fingerprint density at radius 2 is 1.93 bits per heavy atom. The molecule has 0 bridgehead atoms. The number of nitrogens with zero attached hydrogens (tertiary/aromatic N) is 1. The Labute approximate surface area is 92.2 Å². The van der Waals surface area contributed by atoms with Crippen molar-refractivity contribution in [1.29, 1.82) is 0 Å². The van der Waals surface area contributed by atoms with Gasteiger partial charge in [-0.25, -0.2) is 0 Å². The molecular formula is C9H17NO4S. The number of esters is 1. The van der Waals surface area contributed by atoms with Gasteiger partial charge < -0.3 is 9.64 Å². The fraction of sp³-hybridized carbons (Fsp3) is 0.778. The summed E-state index contributed by atoms with van der Waals surface area (Å²) in [6.45, 7) is 1.63. The Kier molecular flexibility index (Phi) is 6.15. The third-order valence-corrected chi connectivity index (χ3v) is 3.26. The van der Waals surface area contributed by atoms with Crippen molar-refractivity contribution in [3.8, 4) is 0 Å². The molecule has 0 aromatic heterocycles. The summed E-state index contributed by atoms with van der Waals surface area (Å²) in [7, 11) is 3.17. The predicted molar refractivity (Wildman–Crippen MR) is 57.8 cm³/mol. The van der Waals surface area contributed by atoms with Gasteiger partial charge in [0.25, 0.3) is 0 Å². The minimum Gasteiger partial charge on any atom is -0.469 e. The molecule has 6 heteroatoms. The molecule has 0 aliphatic rings. The van der Waals surface area contributed by atoms with Gasteiger partial charge in [0.2, 0.25) is 5.91 Å². The van der Waals surface area contributed by atoms with Gasteiger partial charge >= 0.3 is 5.97 Å². The maximum absolute atomic E-state index is 11.4. The number of hydrogen-bond donors (Lipinski definition) is 0. The van der Waals surface area contributed by atoms with Crippen molar-refractivity contribution in [3.63, 3.8) is 0 Å². The highest BCUT2D eigenvalue weighted by Gasteiger charge is 2.18. The second-order valence-corrected chi connectivity index (χ2v) is 4.96. The van der Waals surface area contributed by atoms with Crippen LogP contribution in [0.1, 0.15) is 6.92 Å². The lowest BCUT2D eigenvalue weighted by molar-refractivity contribution is -0.144. The molecule has 0 saturated carbocycles. The first-order chi connectivity index (χ1) is 6.88. The van der Waals surface area contributed by atoms with E-state index in [1.54, 1.807) is 21.0 Å². The molecule has 0 rings (SSSR count). The standard InChI is InChI=1S/C9H17NO4S/c1-7(9(12)14-4)5-15(13)6-8(11)10(2)3/h7H,5-6H2,1-4H3. The lowest BCUT2D eigenvalue weighted by Gasteiger charge is -2.11. The van der Waals surface area contributed by atoms with Gasteiger partial charge in [-0.3, -0.25) is 13.8 Å². The fourth-order valence-electron chi connectivity index (χ4n) is 0.874. The van der Waals surface area contributed by atoms with E-state index < -0.39 is 22.7 Å². The molecule has 0 aliphatic carbocycles. The quantitative estimate of drug-likeness (QED) is 0.610. The number of carbonyl (C=O) groups excluding carboxylic acids is 2. The summed E-state index contributed by atoms with van der Waals surface area (Å²) in [5, 5.41) is 0. The lowest BCUT2D eigenvalue weighted by Crippen LogP contribution is -2.30. The zero-order valence-electron chi connectivity index (χ0n) is 9.48. The molecule has 0 aromatic carbocycles. The molecule has 0 aromatic rings. The van der Waals surface area contributed by atoms with Crippen LogP contribution in [0.25, 0.3) is 0 Å². The second-order valence-electron chi connectivity index (χ2n) is 3.46. The van der Waals surface area contributed by atoms with Crippen LogP contribution in [0.5, 0.6) is 0 Å². The molecule has 0 spiro atoms. The zero-order chi connectivity index (χ0) is 12.0. The maximum Gasteiger partial charge on any atom is 0.309 e. The third-order valence-electron chi connectivity index (χ3n) is 1.82. The monoisotopic (exact) mass is 235 g/mol. The van der Waals surface area contributed by atoms with E-state index >= 15 is 0 Å². The van der Waals surface area contributed by atoms with E-state index in [1.807, 2.05) is 0 Å². The van der Waals surface area contributed by atoms with Crippen LogP contribution in [0.3, 0.4) is 0 Å². The van der Waals surface area contributed by atoms with Crippen LogP contribution in [0, 0.1) is 5.92 Å². The van der Waals surface area contributed by atoms with Gasteiger partial charge in [-0.15, -0.1) is 0 Å². The van der Waals surface area contributed by atoms with Crippen molar-refractivity contribution in [2.75, 3.05) is 32.7 Å². The van der Waals surface area contributed by atoms with Crippen LogP contribution < -0.4 is 0 Å². The molecule has 2 unspecified atom stereocenters. The van der Waals surface area contributed by atoms with Crippen LogP contribution in [0.15, 0.2) is 0 Å². The van der Waals surface area contributed by atoms with E-state index in [0.29, 0.717) is 0 Å². The Hall–Kier alpha value is -0.910. The molecule has 2 atom stereocenters. The highest BCUT2D eigenvalue weighted by atomic mass is 32.2. The Bertz CT molecular complexity index is 265. The van der Waals surface area contributed by atoms with Gasteiger partial charge in [0.15, 0.2) is 0 Å². The van der Waals surface area contributed by atoms with Gasteiger partial charge in [-0.1, -0.05) is 6.92 Å². The summed E-state index contributed by atoms with van der Waals surface area (Å²) in [5.41, 5.74) is 0. The minimum atomic E-state index is -1.32. The highest BCUT2D eigenvalue weighted by molar-refractivity contribution is 7.85. The molecule has 0 aliphatic heterocycles. The van der Waals surface area contributed by atoms with Crippen LogP contribution in [-0.2, 0) is 25.1 Å². The molecule has 88 valence electrons. The summed E-state index contributed by atoms with van der Waals surface area (Å²) in [6, 6.07) is 0. The van der Waals surface area contributed by atoms with Crippen molar-refractivity contribution < 1.29 is 18.5 Å². The largest absolute Gasteiger partial charge is 0.469 e. The van der Waals surface area contributed by atoms with Gasteiger partial charge in [0.05, 0.1) is 13.0 Å². The number of amides is 1. The van der Waals surface area contributed by atoms with Crippen molar-refractivity contribution >= 4 is 22.7 Å². The Morgan fingerprint density at radius 1 is 1.40 bits per heavy atom. The van der Waals surface area contributed by atoms with Gasteiger partial charge in [0, 0.05) is 30.6 Å². The van der Waals surface area contributed by atoms with Crippen molar-refractivity contribution in [1.82, 2.24) is 4.90 Å². The third kappa shape index (κ3) is 5.51. The first-order valence-corrected chi connectivity index (χ1v) is 6.00. The lowest BCUT2D eigenvalue weighted by atomic mass is 10.2. The summed E-state index contributed by atoms with van der Waals surface area (Å²) < 4.78 is 15.9. The van der Waals surface area contributed by atoms with Gasteiger partial charge in [-0.2, -0.15) is 0 Å². The molecule has 0 N–H and O–H groups in total. The summed E-state index contributed by atoms with van der Waals surface area (Å²) in [4.78, 5) is 23.6. The smallest absolute Gasteiger partial charge is 0.309 e. The Balaban J connectivity index is 4.04. The average Bonchev–Trinajstić information content (AvgIpc) is 2.15. The van der Waals surface area contributed by atoms with Crippen molar-refractivity contribution in [2.45, 2.75) is 6.92 Å². The molecule has 0 fully saturated rings. The molecule has 15 heavy (non-hydrogen) atoms. The van der Waals surface area contributed by atoms with Crippen molar-refractivity contribution in [3.05, 3.63) is 0 Å². The molecule has 1 amide bonds. The van der Waals surface area contributed by atoms with Crippen molar-refractivity contribution in [2.24, 2.45) is 5.92 Å². The van der Waals surface area contributed by atoms with E-state index in [4.69, 9.17) is 0 Å². The van der Waals surface area contributed by atoms with Gasteiger partial charge in [0.1, 0.15) is 5.75 Å². The SMILES string of the molecule is COC(=O)C(C)CS(=O)CC(=O)N(C)C. The van der Waals surface area contributed by atoms with E-state index in [1.165, 1.54) is 12.0 Å². The van der Waals surface area contributed by atoms with E-state index in [2.05, 4.69) is 4.74 Å². The second kappa shape index (κ2) is 6.55. The van der Waals surface area contributed by atoms with Crippen LogP contribution in [0.4, 0.5) is 0 Å². The molecule has 0 radical (unpaired) electrons. The van der Waals surface area contributed by atoms with E-state index in [-0.39, 0.29) is 17.4 Å². The van der Waals surface area contributed by atoms with Crippen LogP contribution in [-0.4, -0.2) is 53.7 Å². The molecule has 5 nitrogen and oxygen atoms in total. The Morgan fingerprint density at radius 3 is 2.33 bits per heavy atom. The number of carbonyl (C=O) groups is 2. The van der Waals surface area contributed by atoms with E-state index in [9.17, 15) is 13.8 Å². The fourth-order valence-corrected chi connectivity index (χ4v) is 2.22. The average molecular weight is 235 g/mol. The first-order valence-electron chi connectivity index (χ1n) is 4.51. The number of methoxy groups -OCH3 is 1. The summed E-state index contributed by atoms with van der Waals surface area (Å²) >= 11 is 0. The van der Waals surface area contributed by atoms with E-state index in [0.717, 1.165) is 0 Å². The molecule has 0 saturated heterocycles. The maximum atomic E-state index is 11.4. The number of ether oxygens (including phenoxy) is 1. The minimum absolute atomic E-state index is 0.0473. The summed E-state index contributed by atoms with van der Waals surface area (Å²) in [6.07, 6.45) is 0. The number of hydrogen-bond acceptors (Lipinski definition) is 4. The topological polar surface area (TPSA) is 63.7 Å². The normalized spacial score (nSPS) is 14.1. The highest BCUT2D eigenvalue weighted by Crippen LogP contribution is 2.01. The van der Waals surface area contributed by atoms with Crippen LogP contribution >= 0.6 is 0 Å². The van der Waals surface area contributed by atoms with Gasteiger partial charge in [-0.05, 0) is 0 Å². The first kappa shape index (κ1) is 14.1. The number of rotatable bonds is 5. The zero-order valence-corrected chi connectivity index (χ0v) is 10.3.